The summed E-state index contributed by atoms with van der Waals surface area (Å²) < 4.78 is 0.946. The van der Waals surface area contributed by atoms with Crippen molar-refractivity contribution >= 4 is 5.97 Å². The molecule has 7 heteroatoms. The van der Waals surface area contributed by atoms with Gasteiger partial charge < -0.3 is 10.5 Å². The number of nitrogens with one attached hydrogen (secondary N) is 1. The third-order valence-electron chi connectivity index (χ3n) is 1.04. The van der Waals surface area contributed by atoms with Gasteiger partial charge in [-0.3, -0.25) is 9.59 Å². The number of rotatable bonds is 3. The highest BCUT2D eigenvalue weighted by Gasteiger charge is 1.96. The Morgan fingerprint density at radius 2 is 2.42 bits per heavy atom. The van der Waals surface area contributed by atoms with Crippen LogP contribution >= 0.6 is 0 Å². The minimum absolute atomic E-state index is 0.342. The van der Waals surface area contributed by atoms with E-state index in [-0.39, 0.29) is 6.54 Å². The van der Waals surface area contributed by atoms with Gasteiger partial charge in [-0.1, -0.05) is 0 Å². The fourth-order valence-corrected chi connectivity index (χ4v) is 0.555. The van der Waals surface area contributed by atoms with Crippen molar-refractivity contribution in [2.75, 3.05) is 12.0 Å². The molecule has 0 spiro atoms. The van der Waals surface area contributed by atoms with Crippen molar-refractivity contribution in [2.45, 2.75) is 0 Å². The van der Waals surface area contributed by atoms with Crippen LogP contribution in [0.15, 0.2) is 17.3 Å². The van der Waals surface area contributed by atoms with Crippen molar-refractivity contribution in [1.82, 2.24) is 14.9 Å². The first kappa shape index (κ1) is 8.18. The first-order valence-corrected chi connectivity index (χ1v) is 3.05. The molecule has 0 aliphatic rings. The van der Waals surface area contributed by atoms with E-state index < -0.39 is 11.5 Å². The Morgan fingerprint density at radius 3 is 3.00 bits per heavy atom. The molecule has 0 saturated carbocycles. The second kappa shape index (κ2) is 3.46. The van der Waals surface area contributed by atoms with Gasteiger partial charge in [0, 0.05) is 0 Å². The molecule has 0 radical (unpaired) electrons. The molecule has 1 rings (SSSR count). The van der Waals surface area contributed by atoms with E-state index in [0.29, 0.717) is 0 Å². The summed E-state index contributed by atoms with van der Waals surface area (Å²) in [6.45, 7) is -0.342. The van der Waals surface area contributed by atoms with Crippen LogP contribution in [0.3, 0.4) is 0 Å². The Balaban J connectivity index is 2.70. The van der Waals surface area contributed by atoms with Crippen molar-refractivity contribution in [3.8, 4) is 0 Å². The molecule has 0 unspecified atom stereocenters. The molecule has 0 saturated heterocycles. The molecule has 1 heterocycles. The molecule has 7 nitrogen and oxygen atoms in total. The minimum atomic E-state index is -1.06. The average molecular weight is 170 g/mol. The van der Waals surface area contributed by atoms with Gasteiger partial charge in [0.05, 0.1) is 0 Å². The number of hydrogen-bond donors (Lipinski definition) is 2. The lowest BCUT2D eigenvalue weighted by molar-refractivity contribution is -0.135. The molecule has 1 aromatic heterocycles. The molecule has 0 amide bonds. The van der Waals surface area contributed by atoms with E-state index in [9.17, 15) is 9.59 Å². The average Bonchev–Trinajstić information content (AvgIpc) is 2.03. The van der Waals surface area contributed by atoms with Crippen LogP contribution < -0.4 is 11.0 Å². The Kier molecular flexibility index (Phi) is 2.36. The summed E-state index contributed by atoms with van der Waals surface area (Å²) >= 11 is 0. The predicted molar refractivity (Wildman–Crippen MR) is 38.2 cm³/mol. The van der Waals surface area contributed by atoms with E-state index in [0.717, 1.165) is 17.2 Å². The lowest BCUT2D eigenvalue weighted by Crippen LogP contribution is -2.32. The Hall–Kier alpha value is -1.92. The molecular weight excluding hydrogens is 164 g/mol. The Morgan fingerprint density at radius 1 is 1.67 bits per heavy atom. The van der Waals surface area contributed by atoms with E-state index in [1.54, 1.807) is 0 Å². The van der Waals surface area contributed by atoms with Crippen molar-refractivity contribution in [2.24, 2.45) is 0 Å². The van der Waals surface area contributed by atoms with Crippen molar-refractivity contribution in [3.05, 3.63) is 22.9 Å². The fourth-order valence-electron chi connectivity index (χ4n) is 0.555. The van der Waals surface area contributed by atoms with Gasteiger partial charge in [-0.2, -0.15) is 5.10 Å². The topological polar surface area (TPSA) is 97.1 Å². The predicted octanol–water partition coefficient (Wildman–Crippen LogP) is -1.73. The summed E-state index contributed by atoms with van der Waals surface area (Å²) in [5, 5.41) is 14.9. The van der Waals surface area contributed by atoms with Gasteiger partial charge in [0.1, 0.15) is 19.1 Å². The van der Waals surface area contributed by atoms with Crippen molar-refractivity contribution in [1.29, 1.82) is 0 Å². The molecular formula is C5H6N4O3. The van der Waals surface area contributed by atoms with Gasteiger partial charge in [0.25, 0.3) is 5.56 Å². The zero-order valence-corrected chi connectivity index (χ0v) is 5.97. The normalized spacial score (nSPS) is 9.33. The number of carbonyl (C=O) groups is 1. The minimum Gasteiger partial charge on any atom is -0.480 e. The lowest BCUT2D eigenvalue weighted by atomic mass is 10.7. The van der Waals surface area contributed by atoms with Gasteiger partial charge in [0.2, 0.25) is 0 Å². The maximum absolute atomic E-state index is 10.8. The van der Waals surface area contributed by atoms with Gasteiger partial charge in [-0.15, -0.1) is 5.10 Å². The summed E-state index contributed by atoms with van der Waals surface area (Å²) in [4.78, 5) is 20.9. The van der Waals surface area contributed by atoms with Crippen molar-refractivity contribution in [3.63, 3.8) is 0 Å². The number of nitrogens with zero attached hydrogens (tertiary/aromatic N) is 3. The van der Waals surface area contributed by atoms with Crippen LogP contribution in [0.1, 0.15) is 0 Å². The number of carboxylic acids is 1. The van der Waals surface area contributed by atoms with E-state index in [2.05, 4.69) is 15.6 Å². The number of carboxylic acid groups (broad SMARTS) is 1. The largest absolute Gasteiger partial charge is 0.480 e. The van der Waals surface area contributed by atoms with Crippen LogP contribution in [-0.2, 0) is 4.79 Å². The highest BCUT2D eigenvalue weighted by atomic mass is 16.4. The third kappa shape index (κ3) is 2.04. The molecule has 0 aliphatic carbocycles. The molecule has 0 fully saturated rings. The summed E-state index contributed by atoms with van der Waals surface area (Å²) in [5.41, 5.74) is 1.86. The van der Waals surface area contributed by atoms with Crippen molar-refractivity contribution < 1.29 is 9.90 Å². The van der Waals surface area contributed by atoms with Crippen LogP contribution in [0.5, 0.6) is 0 Å². The fraction of sp³-hybridized carbons (Fsp3) is 0.200. The van der Waals surface area contributed by atoms with Crippen LogP contribution in [0.25, 0.3) is 0 Å². The molecule has 0 atom stereocenters. The first-order valence-electron chi connectivity index (χ1n) is 3.05. The number of hydrogen-bond acceptors (Lipinski definition) is 5. The molecule has 64 valence electrons. The van der Waals surface area contributed by atoms with Gasteiger partial charge in [-0.05, 0) is 0 Å². The Labute approximate surface area is 66.6 Å². The number of aliphatic carboxylic acids is 1. The van der Waals surface area contributed by atoms with Crippen LogP contribution in [0, 0.1) is 0 Å². The molecule has 0 aromatic carbocycles. The highest BCUT2D eigenvalue weighted by Crippen LogP contribution is 1.67. The molecule has 12 heavy (non-hydrogen) atoms. The standard InChI is InChI=1S/C5H6N4O3/c10-4-1-6-7-3-9(4)8-2-5(11)12/h1,3,8H,2H2,(H,11,12). The van der Waals surface area contributed by atoms with E-state index >= 15 is 0 Å². The quantitative estimate of drug-likeness (QED) is 0.559. The van der Waals surface area contributed by atoms with E-state index in [1.807, 2.05) is 0 Å². The second-order valence-electron chi connectivity index (χ2n) is 1.91. The Bertz CT molecular complexity index is 333. The molecule has 2 N–H and O–H groups in total. The maximum Gasteiger partial charge on any atom is 0.324 e. The summed E-state index contributed by atoms with van der Waals surface area (Å²) in [5.74, 6) is -1.06. The summed E-state index contributed by atoms with van der Waals surface area (Å²) in [6, 6.07) is 0. The van der Waals surface area contributed by atoms with Crippen LogP contribution in [0.2, 0.25) is 0 Å². The maximum atomic E-state index is 10.8. The number of aromatic nitrogens is 3. The van der Waals surface area contributed by atoms with E-state index in [4.69, 9.17) is 5.11 Å². The second-order valence-corrected chi connectivity index (χ2v) is 1.91. The van der Waals surface area contributed by atoms with E-state index in [1.165, 1.54) is 0 Å². The van der Waals surface area contributed by atoms with Crippen LogP contribution in [0.4, 0.5) is 0 Å². The zero-order valence-electron chi connectivity index (χ0n) is 5.97. The highest BCUT2D eigenvalue weighted by molar-refractivity contribution is 5.70. The molecule has 0 aliphatic heterocycles. The van der Waals surface area contributed by atoms with Gasteiger partial charge >= 0.3 is 5.97 Å². The zero-order chi connectivity index (χ0) is 8.97. The van der Waals surface area contributed by atoms with Gasteiger partial charge in [-0.25, -0.2) is 4.68 Å². The first-order chi connectivity index (χ1) is 5.70. The molecule has 0 bridgehead atoms. The summed E-state index contributed by atoms with van der Waals surface area (Å²) in [6.07, 6.45) is 2.08. The smallest absolute Gasteiger partial charge is 0.324 e. The monoisotopic (exact) mass is 170 g/mol. The SMILES string of the molecule is O=C(O)CNn1cnncc1=O. The third-order valence-corrected chi connectivity index (χ3v) is 1.04. The van der Waals surface area contributed by atoms with Crippen LogP contribution in [-0.4, -0.2) is 32.5 Å². The van der Waals surface area contributed by atoms with Gasteiger partial charge in [0.15, 0.2) is 0 Å². The molecule has 1 aromatic rings. The lowest BCUT2D eigenvalue weighted by Gasteiger charge is -2.02. The summed E-state index contributed by atoms with van der Waals surface area (Å²) in [7, 11) is 0.